The Morgan fingerprint density at radius 2 is 1.61 bits per heavy atom. The van der Waals surface area contributed by atoms with Crippen molar-refractivity contribution in [2.75, 3.05) is 13.1 Å². The summed E-state index contributed by atoms with van der Waals surface area (Å²) in [7, 11) is 0. The van der Waals surface area contributed by atoms with E-state index in [0.717, 1.165) is 23.3 Å². The van der Waals surface area contributed by atoms with Gasteiger partial charge >= 0.3 is 0 Å². The normalized spacial score (nSPS) is 15.7. The Bertz CT molecular complexity index is 1190. The van der Waals surface area contributed by atoms with Gasteiger partial charge in [0.15, 0.2) is 0 Å². The topological polar surface area (TPSA) is 68.5 Å². The summed E-state index contributed by atoms with van der Waals surface area (Å²) in [6, 6.07) is 27.9. The summed E-state index contributed by atoms with van der Waals surface area (Å²) >= 11 is 0. The molecule has 1 saturated heterocycles. The van der Waals surface area contributed by atoms with E-state index in [1.54, 1.807) is 0 Å². The summed E-state index contributed by atoms with van der Waals surface area (Å²) < 4.78 is 11.4. The van der Waals surface area contributed by atoms with E-state index in [1.807, 2.05) is 77.7 Å². The number of likely N-dealkylation sites (tertiary alicyclic amines) is 1. The summed E-state index contributed by atoms with van der Waals surface area (Å²) in [4.78, 5) is 18.9. The Hall–Kier alpha value is -3.93. The SMILES string of the molecule is O=C1CC(c2nc(-c3ccc(OCc4ccccc4)cc3)no2)CN1CCc1ccccc1. The van der Waals surface area contributed by atoms with Gasteiger partial charge in [0.25, 0.3) is 0 Å². The Morgan fingerprint density at radius 3 is 2.33 bits per heavy atom. The molecular weight excluding hydrogens is 414 g/mol. The second-order valence-electron chi connectivity index (χ2n) is 8.23. The Balaban J connectivity index is 1.18. The van der Waals surface area contributed by atoms with E-state index in [4.69, 9.17) is 9.26 Å². The minimum atomic E-state index is -0.0667. The van der Waals surface area contributed by atoms with Crippen LogP contribution in [0, 0.1) is 0 Å². The molecular formula is C27H25N3O3. The van der Waals surface area contributed by atoms with Crippen molar-refractivity contribution in [1.29, 1.82) is 0 Å². The number of benzene rings is 3. The molecule has 5 rings (SSSR count). The Labute approximate surface area is 192 Å². The Kier molecular flexibility index (Phi) is 6.15. The van der Waals surface area contributed by atoms with Gasteiger partial charge in [0.05, 0.1) is 5.92 Å². The number of hydrogen-bond acceptors (Lipinski definition) is 5. The van der Waals surface area contributed by atoms with Gasteiger partial charge in [-0.1, -0.05) is 65.8 Å². The van der Waals surface area contributed by atoms with Gasteiger partial charge in [-0.2, -0.15) is 4.98 Å². The zero-order chi connectivity index (χ0) is 22.5. The number of rotatable bonds is 8. The standard InChI is InChI=1S/C27H25N3O3/c31-25-17-23(18-30(25)16-15-20-7-3-1-4-8-20)27-28-26(29-33-27)22-11-13-24(14-12-22)32-19-21-9-5-2-6-10-21/h1-14,23H,15-19H2. The largest absolute Gasteiger partial charge is 0.489 e. The molecule has 6 heteroatoms. The average molecular weight is 440 g/mol. The fourth-order valence-corrected chi connectivity index (χ4v) is 4.02. The predicted molar refractivity (Wildman–Crippen MR) is 125 cm³/mol. The highest BCUT2D eigenvalue weighted by Crippen LogP contribution is 2.29. The van der Waals surface area contributed by atoms with Crippen molar-refractivity contribution in [2.24, 2.45) is 0 Å². The van der Waals surface area contributed by atoms with Crippen molar-refractivity contribution >= 4 is 5.91 Å². The molecule has 1 fully saturated rings. The van der Waals surface area contributed by atoms with Crippen molar-refractivity contribution in [2.45, 2.75) is 25.4 Å². The lowest BCUT2D eigenvalue weighted by Gasteiger charge is -2.15. The van der Waals surface area contributed by atoms with E-state index in [2.05, 4.69) is 22.3 Å². The lowest BCUT2D eigenvalue weighted by Crippen LogP contribution is -2.27. The van der Waals surface area contributed by atoms with Crippen LogP contribution in [0.2, 0.25) is 0 Å². The third-order valence-corrected chi connectivity index (χ3v) is 5.88. The number of carbonyl (C=O) groups excluding carboxylic acids is 1. The third-order valence-electron chi connectivity index (χ3n) is 5.88. The molecule has 3 aromatic carbocycles. The van der Waals surface area contributed by atoms with Crippen LogP contribution in [0.15, 0.2) is 89.5 Å². The van der Waals surface area contributed by atoms with Gasteiger partial charge in [0, 0.05) is 25.1 Å². The van der Waals surface area contributed by atoms with E-state index >= 15 is 0 Å². The minimum Gasteiger partial charge on any atom is -0.489 e. The molecule has 1 amide bonds. The van der Waals surface area contributed by atoms with Crippen LogP contribution in [0.3, 0.4) is 0 Å². The summed E-state index contributed by atoms with van der Waals surface area (Å²) in [5.41, 5.74) is 3.20. The van der Waals surface area contributed by atoms with Crippen molar-refractivity contribution < 1.29 is 14.1 Å². The average Bonchev–Trinajstić information content (AvgIpc) is 3.50. The highest BCUT2D eigenvalue weighted by molar-refractivity contribution is 5.79. The second kappa shape index (κ2) is 9.69. The summed E-state index contributed by atoms with van der Waals surface area (Å²) in [5, 5.41) is 4.14. The van der Waals surface area contributed by atoms with Crippen LogP contribution in [0.25, 0.3) is 11.4 Å². The predicted octanol–water partition coefficient (Wildman–Crippen LogP) is 4.87. The maximum atomic E-state index is 12.5. The van der Waals surface area contributed by atoms with Crippen LogP contribution < -0.4 is 4.74 Å². The molecule has 0 N–H and O–H groups in total. The van der Waals surface area contributed by atoms with Crippen LogP contribution >= 0.6 is 0 Å². The highest BCUT2D eigenvalue weighted by Gasteiger charge is 2.34. The van der Waals surface area contributed by atoms with Crippen molar-refractivity contribution in [3.8, 4) is 17.1 Å². The minimum absolute atomic E-state index is 0.0667. The van der Waals surface area contributed by atoms with Gasteiger partial charge in [-0.15, -0.1) is 0 Å². The smallest absolute Gasteiger partial charge is 0.232 e. The zero-order valence-corrected chi connectivity index (χ0v) is 18.3. The number of carbonyl (C=O) groups is 1. The Morgan fingerprint density at radius 1 is 0.909 bits per heavy atom. The van der Waals surface area contributed by atoms with Crippen molar-refractivity contribution in [1.82, 2.24) is 15.0 Å². The maximum absolute atomic E-state index is 12.5. The molecule has 4 aromatic rings. The molecule has 166 valence electrons. The van der Waals surface area contributed by atoms with Crippen LogP contribution in [0.1, 0.15) is 29.4 Å². The lowest BCUT2D eigenvalue weighted by atomic mass is 10.1. The number of nitrogens with zero attached hydrogens (tertiary/aromatic N) is 3. The van der Waals surface area contributed by atoms with Gasteiger partial charge in [0.1, 0.15) is 12.4 Å². The molecule has 0 saturated carbocycles. The number of aromatic nitrogens is 2. The second-order valence-corrected chi connectivity index (χ2v) is 8.23. The lowest BCUT2D eigenvalue weighted by molar-refractivity contribution is -0.127. The van der Waals surface area contributed by atoms with Crippen molar-refractivity contribution in [3.63, 3.8) is 0 Å². The molecule has 6 nitrogen and oxygen atoms in total. The molecule has 0 spiro atoms. The first kappa shape index (κ1) is 20.9. The molecule has 1 atom stereocenters. The molecule has 33 heavy (non-hydrogen) atoms. The van der Waals surface area contributed by atoms with Crippen molar-refractivity contribution in [3.05, 3.63) is 102 Å². The van der Waals surface area contributed by atoms with Crippen LogP contribution in [0.4, 0.5) is 0 Å². The zero-order valence-electron chi connectivity index (χ0n) is 18.3. The number of hydrogen-bond donors (Lipinski definition) is 0. The molecule has 2 heterocycles. The first-order valence-corrected chi connectivity index (χ1v) is 11.2. The molecule has 0 aliphatic carbocycles. The van der Waals surface area contributed by atoms with E-state index in [1.165, 1.54) is 5.56 Å². The molecule has 1 aliphatic rings. The van der Waals surface area contributed by atoms with E-state index in [9.17, 15) is 4.79 Å². The summed E-state index contributed by atoms with van der Waals surface area (Å²) in [5.74, 6) is 1.89. The fourth-order valence-electron chi connectivity index (χ4n) is 4.02. The molecule has 1 unspecified atom stereocenters. The monoisotopic (exact) mass is 439 g/mol. The van der Waals surface area contributed by atoms with Crippen LogP contribution in [0.5, 0.6) is 5.75 Å². The summed E-state index contributed by atoms with van der Waals surface area (Å²) in [6.07, 6.45) is 1.25. The van der Waals surface area contributed by atoms with Gasteiger partial charge in [-0.05, 0) is 41.8 Å². The fraction of sp³-hybridized carbons (Fsp3) is 0.222. The van der Waals surface area contributed by atoms with Gasteiger partial charge in [-0.25, -0.2) is 0 Å². The van der Waals surface area contributed by atoms with Gasteiger partial charge in [-0.3, -0.25) is 4.79 Å². The first-order valence-electron chi connectivity index (χ1n) is 11.2. The maximum Gasteiger partial charge on any atom is 0.232 e. The van der Waals surface area contributed by atoms with Crippen LogP contribution in [-0.2, 0) is 17.8 Å². The van der Waals surface area contributed by atoms with E-state index in [-0.39, 0.29) is 11.8 Å². The quantitative estimate of drug-likeness (QED) is 0.392. The van der Waals surface area contributed by atoms with Gasteiger partial charge in [0.2, 0.25) is 17.6 Å². The third kappa shape index (κ3) is 5.12. The summed E-state index contributed by atoms with van der Waals surface area (Å²) in [6.45, 7) is 1.83. The molecule has 1 aromatic heterocycles. The molecule has 0 bridgehead atoms. The molecule has 1 aliphatic heterocycles. The number of amides is 1. The van der Waals surface area contributed by atoms with E-state index in [0.29, 0.717) is 37.8 Å². The molecule has 0 radical (unpaired) electrons. The number of ether oxygens (including phenoxy) is 1. The first-order chi connectivity index (χ1) is 16.2. The van der Waals surface area contributed by atoms with Gasteiger partial charge < -0.3 is 14.2 Å². The van der Waals surface area contributed by atoms with Crippen LogP contribution in [-0.4, -0.2) is 34.0 Å². The van der Waals surface area contributed by atoms with E-state index < -0.39 is 0 Å². The highest BCUT2D eigenvalue weighted by atomic mass is 16.5.